The highest BCUT2D eigenvalue weighted by Gasteiger charge is 2.11. The van der Waals surface area contributed by atoms with Crippen LogP contribution in [-0.2, 0) is 12.8 Å². The first-order valence-electron chi connectivity index (χ1n) is 8.41. The standard InChI is InChI=1S/C23H18/c1-2-15-6-7-17-13-18-9-11-21-20-5-3-4-16(20)8-10-22(21)23(18)14-19(17)12-15/h3,5-14H,2,4H2,1H3. The number of hydrogen-bond acceptors (Lipinski definition) is 0. The highest BCUT2D eigenvalue weighted by atomic mass is 14.1. The van der Waals surface area contributed by atoms with Gasteiger partial charge >= 0.3 is 0 Å². The maximum atomic E-state index is 2.37. The summed E-state index contributed by atoms with van der Waals surface area (Å²) in [7, 11) is 0. The zero-order chi connectivity index (χ0) is 15.4. The summed E-state index contributed by atoms with van der Waals surface area (Å²) in [6.45, 7) is 2.22. The Morgan fingerprint density at radius 1 is 0.739 bits per heavy atom. The normalized spacial score (nSPS) is 13.3. The second kappa shape index (κ2) is 4.70. The highest BCUT2D eigenvalue weighted by molar-refractivity contribution is 6.14. The Morgan fingerprint density at radius 2 is 1.61 bits per heavy atom. The van der Waals surface area contributed by atoms with Crippen molar-refractivity contribution in [3.8, 4) is 0 Å². The topological polar surface area (TPSA) is 0 Å². The predicted molar refractivity (Wildman–Crippen MR) is 101 cm³/mol. The van der Waals surface area contributed by atoms with Gasteiger partial charge in [0.1, 0.15) is 0 Å². The monoisotopic (exact) mass is 294 g/mol. The molecule has 0 unspecified atom stereocenters. The molecule has 0 saturated carbocycles. The molecule has 0 N–H and O–H groups in total. The molecule has 0 bridgehead atoms. The summed E-state index contributed by atoms with van der Waals surface area (Å²) >= 11 is 0. The maximum Gasteiger partial charge on any atom is -0.00879 e. The van der Waals surface area contributed by atoms with Crippen molar-refractivity contribution in [3.05, 3.63) is 77.4 Å². The predicted octanol–water partition coefficient (Wildman–Crippen LogP) is 6.28. The van der Waals surface area contributed by atoms with Crippen LogP contribution in [0.15, 0.2) is 60.7 Å². The molecule has 0 heterocycles. The van der Waals surface area contributed by atoms with Crippen molar-refractivity contribution in [2.75, 3.05) is 0 Å². The Morgan fingerprint density at radius 3 is 2.52 bits per heavy atom. The summed E-state index contributed by atoms with van der Waals surface area (Å²) in [5.74, 6) is 0. The van der Waals surface area contributed by atoms with E-state index >= 15 is 0 Å². The van der Waals surface area contributed by atoms with Gasteiger partial charge in [0.05, 0.1) is 0 Å². The molecule has 4 aromatic carbocycles. The number of aryl methyl sites for hydroxylation is 1. The van der Waals surface area contributed by atoms with Gasteiger partial charge in [0, 0.05) is 0 Å². The number of benzene rings is 4. The van der Waals surface area contributed by atoms with E-state index in [4.69, 9.17) is 0 Å². The first kappa shape index (κ1) is 12.9. The van der Waals surface area contributed by atoms with Gasteiger partial charge in [-0.15, -0.1) is 0 Å². The molecule has 4 aromatic rings. The Balaban J connectivity index is 1.92. The van der Waals surface area contributed by atoms with Crippen molar-refractivity contribution in [3.63, 3.8) is 0 Å². The smallest absolute Gasteiger partial charge is 0.00879 e. The average Bonchev–Trinajstić information content (AvgIpc) is 3.08. The summed E-state index contributed by atoms with van der Waals surface area (Å²) < 4.78 is 0. The molecule has 0 aliphatic heterocycles. The number of rotatable bonds is 1. The minimum atomic E-state index is 1.07. The number of fused-ring (bicyclic) bond motifs is 6. The lowest BCUT2D eigenvalue weighted by Crippen LogP contribution is -1.86. The van der Waals surface area contributed by atoms with E-state index < -0.39 is 0 Å². The van der Waals surface area contributed by atoms with Gasteiger partial charge in [-0.2, -0.15) is 0 Å². The van der Waals surface area contributed by atoms with Crippen LogP contribution in [0.5, 0.6) is 0 Å². The third-order valence-electron chi connectivity index (χ3n) is 5.20. The van der Waals surface area contributed by atoms with E-state index in [2.05, 4.69) is 73.7 Å². The molecule has 0 radical (unpaired) electrons. The Hall–Kier alpha value is -2.60. The molecular formula is C23H18. The Kier molecular flexibility index (Phi) is 2.63. The molecule has 0 saturated heterocycles. The summed E-state index contributed by atoms with van der Waals surface area (Å²) in [4.78, 5) is 0. The minimum Gasteiger partial charge on any atom is -0.0795 e. The van der Waals surface area contributed by atoms with Gasteiger partial charge in [-0.3, -0.25) is 0 Å². The fourth-order valence-corrected chi connectivity index (χ4v) is 3.90. The van der Waals surface area contributed by atoms with E-state index in [0.717, 1.165) is 12.8 Å². The number of allylic oxidation sites excluding steroid dienone is 1. The SMILES string of the molecule is CCc1ccc2cc3ccc4c5c(ccc4c3cc2c1)CC=C5. The largest absolute Gasteiger partial charge is 0.0795 e. The first-order chi connectivity index (χ1) is 11.3. The van der Waals surface area contributed by atoms with Gasteiger partial charge in [0.2, 0.25) is 0 Å². The van der Waals surface area contributed by atoms with Crippen molar-refractivity contribution in [1.29, 1.82) is 0 Å². The zero-order valence-corrected chi connectivity index (χ0v) is 13.3. The van der Waals surface area contributed by atoms with Gasteiger partial charge in [0.15, 0.2) is 0 Å². The molecule has 0 fully saturated rings. The molecule has 1 aliphatic carbocycles. The molecular weight excluding hydrogens is 276 g/mol. The minimum absolute atomic E-state index is 1.07. The fraction of sp³-hybridized carbons (Fsp3) is 0.130. The lowest BCUT2D eigenvalue weighted by molar-refractivity contribution is 1.15. The van der Waals surface area contributed by atoms with Crippen LogP contribution in [0.2, 0.25) is 0 Å². The third-order valence-corrected chi connectivity index (χ3v) is 5.20. The molecule has 110 valence electrons. The van der Waals surface area contributed by atoms with Gasteiger partial charge < -0.3 is 0 Å². The molecule has 0 spiro atoms. The quantitative estimate of drug-likeness (QED) is 0.286. The third kappa shape index (κ3) is 1.85. The molecule has 5 rings (SSSR count). The maximum absolute atomic E-state index is 2.37. The Bertz CT molecular complexity index is 1110. The van der Waals surface area contributed by atoms with Crippen molar-refractivity contribution >= 4 is 38.4 Å². The summed E-state index contributed by atoms with van der Waals surface area (Å²) in [5.41, 5.74) is 4.26. The van der Waals surface area contributed by atoms with Crippen LogP contribution < -0.4 is 0 Å². The molecule has 23 heavy (non-hydrogen) atoms. The lowest BCUT2D eigenvalue weighted by Gasteiger charge is -2.10. The molecule has 0 amide bonds. The van der Waals surface area contributed by atoms with E-state index in [1.54, 1.807) is 0 Å². The summed E-state index contributed by atoms with van der Waals surface area (Å²) in [6, 6.07) is 20.7. The van der Waals surface area contributed by atoms with Crippen LogP contribution in [0.4, 0.5) is 0 Å². The van der Waals surface area contributed by atoms with Crippen molar-refractivity contribution in [1.82, 2.24) is 0 Å². The van der Waals surface area contributed by atoms with E-state index in [1.165, 1.54) is 49.0 Å². The van der Waals surface area contributed by atoms with Crippen molar-refractivity contribution < 1.29 is 0 Å². The van der Waals surface area contributed by atoms with Crippen molar-refractivity contribution in [2.24, 2.45) is 0 Å². The first-order valence-corrected chi connectivity index (χ1v) is 8.41. The van der Waals surface area contributed by atoms with Crippen molar-refractivity contribution in [2.45, 2.75) is 19.8 Å². The number of hydrogen-bond donors (Lipinski definition) is 0. The van der Waals surface area contributed by atoms with Crippen LogP contribution in [0, 0.1) is 0 Å². The second-order valence-electron chi connectivity index (χ2n) is 6.51. The van der Waals surface area contributed by atoms with Crippen LogP contribution in [0.25, 0.3) is 38.4 Å². The summed E-state index contributed by atoms with van der Waals surface area (Å²) in [5, 5.41) is 8.13. The molecule has 0 nitrogen and oxygen atoms in total. The van der Waals surface area contributed by atoms with E-state index in [-0.39, 0.29) is 0 Å². The second-order valence-corrected chi connectivity index (χ2v) is 6.51. The molecule has 0 heteroatoms. The van der Waals surface area contributed by atoms with Gasteiger partial charge in [-0.05, 0) is 74.0 Å². The van der Waals surface area contributed by atoms with E-state index in [0.29, 0.717) is 0 Å². The highest BCUT2D eigenvalue weighted by Crippen LogP contribution is 2.35. The molecule has 1 aliphatic rings. The van der Waals surface area contributed by atoms with Crippen LogP contribution in [0.1, 0.15) is 23.6 Å². The fourth-order valence-electron chi connectivity index (χ4n) is 3.90. The Labute approximate surface area is 136 Å². The zero-order valence-electron chi connectivity index (χ0n) is 13.3. The summed E-state index contributed by atoms with van der Waals surface area (Å²) in [6.07, 6.45) is 6.70. The van der Waals surface area contributed by atoms with Gasteiger partial charge in [-0.25, -0.2) is 0 Å². The van der Waals surface area contributed by atoms with Crippen LogP contribution >= 0.6 is 0 Å². The van der Waals surface area contributed by atoms with Crippen LogP contribution in [0.3, 0.4) is 0 Å². The molecule has 0 aromatic heterocycles. The lowest BCUT2D eigenvalue weighted by atomic mass is 9.94. The average molecular weight is 294 g/mol. The van der Waals surface area contributed by atoms with E-state index in [1.807, 2.05) is 0 Å². The van der Waals surface area contributed by atoms with Gasteiger partial charge in [0.25, 0.3) is 0 Å². The van der Waals surface area contributed by atoms with Gasteiger partial charge in [-0.1, -0.05) is 61.5 Å². The van der Waals surface area contributed by atoms with E-state index in [9.17, 15) is 0 Å². The van der Waals surface area contributed by atoms with Crippen LogP contribution in [-0.4, -0.2) is 0 Å². The molecule has 0 atom stereocenters.